The van der Waals surface area contributed by atoms with Crippen molar-refractivity contribution in [2.75, 3.05) is 11.5 Å². The van der Waals surface area contributed by atoms with Gasteiger partial charge in [0.15, 0.2) is 18.7 Å². The van der Waals surface area contributed by atoms with Crippen LogP contribution in [0.2, 0.25) is 6.43 Å². The fourth-order valence-corrected chi connectivity index (χ4v) is 4.53. The standard InChI is InChI=1S/C18H15ClN2O6S2/c1-9-5-13-14(26-8-25-13)7-11(9)6-12(22)17-15(3-4-28-17)29(23,24)21-18-16(19)10(2)20-27-18/h3-5,7,21H,6,8H2,1-2H3/i1D3,2D3,5D,6D2,7D,8D2/hD. The number of carbonyl (C=O) groups excluding carboxylic acids is 1. The number of fused-ring (bicyclic) bond motifs is 1. The number of ether oxygens (including phenoxy) is 2. The summed E-state index contributed by atoms with van der Waals surface area (Å²) in [6.45, 7) is -9.25. The first-order valence-corrected chi connectivity index (χ1v) is 10.0. The van der Waals surface area contributed by atoms with Crippen LogP contribution in [0.1, 0.15) is 42.9 Å². The Balaban J connectivity index is 1.86. The van der Waals surface area contributed by atoms with E-state index in [-0.39, 0.29) is 4.72 Å². The van der Waals surface area contributed by atoms with E-state index in [1.165, 1.54) is 0 Å². The quantitative estimate of drug-likeness (QED) is 0.546. The number of aryl methyl sites for hydroxylation is 1. The van der Waals surface area contributed by atoms with E-state index in [1.807, 2.05) is 0 Å². The molecular formula is C18H15ClN2O6S2. The molecule has 2 aromatic heterocycles. The van der Waals surface area contributed by atoms with Crippen LogP contribution >= 0.6 is 22.9 Å². The fourth-order valence-electron chi connectivity index (χ4n) is 2.13. The number of halogens is 1. The number of hydrogen-bond donors (Lipinski definition) is 1. The van der Waals surface area contributed by atoms with Crippen LogP contribution in [-0.2, 0) is 16.4 Å². The maximum atomic E-state index is 13.6. The largest absolute Gasteiger partial charge is 0.454 e. The third-order valence-electron chi connectivity index (χ3n) is 3.39. The van der Waals surface area contributed by atoms with Gasteiger partial charge in [-0.25, -0.2) is 13.1 Å². The lowest BCUT2D eigenvalue weighted by Gasteiger charge is -2.09. The van der Waals surface area contributed by atoms with Crippen molar-refractivity contribution in [3.05, 3.63) is 50.3 Å². The molecule has 0 aliphatic carbocycles. The highest BCUT2D eigenvalue weighted by atomic mass is 35.5. The number of nitrogens with one attached hydrogen (secondary N) is 1. The number of sulfonamides is 1. The summed E-state index contributed by atoms with van der Waals surface area (Å²) in [5.74, 6) is -4.44. The predicted octanol–water partition coefficient (Wildman–Crippen LogP) is 3.96. The van der Waals surface area contributed by atoms with Gasteiger partial charge in [-0.3, -0.25) is 4.79 Å². The van der Waals surface area contributed by atoms with Crippen molar-refractivity contribution in [3.63, 3.8) is 0 Å². The van der Waals surface area contributed by atoms with Crippen molar-refractivity contribution in [1.82, 2.24) is 5.16 Å². The Labute approximate surface area is 193 Å². The third kappa shape index (κ3) is 3.70. The second-order valence-corrected chi connectivity index (χ2v) is 8.10. The molecule has 1 aromatic carbocycles. The van der Waals surface area contributed by atoms with E-state index in [0.29, 0.717) is 11.3 Å². The fraction of sp³-hybridized carbons (Fsp3) is 0.222. The molecule has 0 fully saturated rings. The summed E-state index contributed by atoms with van der Waals surface area (Å²) in [5.41, 5.74) is -3.26. The van der Waals surface area contributed by atoms with Gasteiger partial charge in [0.25, 0.3) is 15.9 Å². The molecule has 0 amide bonds. The summed E-state index contributed by atoms with van der Waals surface area (Å²) < 4.78 is 143. The van der Waals surface area contributed by atoms with Crippen molar-refractivity contribution >= 4 is 44.6 Å². The lowest BCUT2D eigenvalue weighted by atomic mass is 10.0. The molecule has 3 heterocycles. The molecule has 1 N–H and O–H groups in total. The molecule has 0 radical (unpaired) electrons. The van der Waals surface area contributed by atoms with Gasteiger partial charge >= 0.3 is 0 Å². The van der Waals surface area contributed by atoms with Gasteiger partial charge in [0, 0.05) is 17.3 Å². The van der Waals surface area contributed by atoms with Gasteiger partial charge in [-0.15, -0.1) is 11.3 Å². The van der Waals surface area contributed by atoms with Crippen LogP contribution in [-0.4, -0.2) is 26.1 Å². The van der Waals surface area contributed by atoms with E-state index in [2.05, 4.69) is 9.68 Å². The molecule has 1 aliphatic heterocycles. The molecule has 0 spiro atoms. The number of thiophene rings is 1. The number of ketones is 1. The average Bonchev–Trinajstić information content (AvgIpc) is 3.55. The van der Waals surface area contributed by atoms with Crippen LogP contribution in [0.4, 0.5) is 5.88 Å². The maximum Gasteiger partial charge on any atom is 0.265 e. The molecule has 0 atom stereocenters. The molecule has 1 aliphatic rings. The Bertz CT molecular complexity index is 1720. The zero-order chi connectivity index (χ0) is 32.0. The molecule has 0 saturated heterocycles. The van der Waals surface area contributed by atoms with Crippen molar-refractivity contribution in [1.29, 1.82) is 0 Å². The van der Waals surface area contributed by atoms with Crippen molar-refractivity contribution < 1.29 is 45.1 Å². The Hall–Kier alpha value is -2.56. The topological polar surface area (TPSA) is 108 Å². The lowest BCUT2D eigenvalue weighted by Crippen LogP contribution is -2.16. The highest BCUT2D eigenvalue weighted by Crippen LogP contribution is 2.36. The van der Waals surface area contributed by atoms with Crippen LogP contribution in [0.3, 0.4) is 0 Å². The van der Waals surface area contributed by atoms with Crippen molar-refractivity contribution in [2.24, 2.45) is 0 Å². The number of nitrogens with zero attached hydrogens (tertiary/aromatic N) is 1. The summed E-state index contributed by atoms with van der Waals surface area (Å²) in [4.78, 5) is 11.7. The Kier molecular flexibility index (Phi) is 2.41. The summed E-state index contributed by atoms with van der Waals surface area (Å²) in [6, 6.07) is -1.42. The molecule has 3 aromatic rings. The number of rotatable bonds is 6. The number of hydrogen-bond acceptors (Lipinski definition) is 8. The van der Waals surface area contributed by atoms with Crippen molar-refractivity contribution in [2.45, 2.75) is 25.0 Å². The average molecular weight is 468 g/mol. The first-order chi connectivity index (χ1) is 18.9. The molecule has 0 bridgehead atoms. The van der Waals surface area contributed by atoms with Crippen LogP contribution in [0.5, 0.6) is 11.5 Å². The van der Waals surface area contributed by atoms with E-state index < -0.39 is 104 Å². The van der Waals surface area contributed by atoms with Crippen molar-refractivity contribution in [3.8, 4) is 11.5 Å². The summed E-state index contributed by atoms with van der Waals surface area (Å²) in [5, 5.41) is 3.34. The van der Waals surface area contributed by atoms with Crippen LogP contribution in [0.25, 0.3) is 0 Å². The molecular weight excluding hydrogens is 440 g/mol. The number of aromatic nitrogens is 1. The first kappa shape index (κ1) is 9.50. The minimum atomic E-state index is -5.17. The lowest BCUT2D eigenvalue weighted by molar-refractivity contribution is 0.0994. The summed E-state index contributed by atoms with van der Waals surface area (Å²) >= 11 is 6.25. The highest BCUT2D eigenvalue weighted by Gasteiger charge is 2.27. The van der Waals surface area contributed by atoms with Crippen LogP contribution < -0.4 is 14.2 Å². The maximum absolute atomic E-state index is 13.6. The van der Waals surface area contributed by atoms with E-state index in [9.17, 15) is 13.2 Å². The number of carbonyl (C=O) groups is 1. The first-order valence-electron chi connectivity index (χ1n) is 13.8. The zero-order valence-electron chi connectivity index (χ0n) is 26.7. The summed E-state index contributed by atoms with van der Waals surface area (Å²) in [7, 11) is -5.17. The molecule has 0 saturated carbocycles. The predicted molar refractivity (Wildman–Crippen MR) is 107 cm³/mol. The minimum absolute atomic E-state index is 0.368. The molecule has 11 heteroatoms. The van der Waals surface area contributed by atoms with Gasteiger partial charge in [-0.2, -0.15) is 0 Å². The Morgan fingerprint density at radius 1 is 1.48 bits per heavy atom. The van der Waals surface area contributed by atoms with E-state index in [1.54, 1.807) is 0 Å². The zero-order valence-corrected chi connectivity index (χ0v) is 16.1. The molecule has 4 rings (SSSR count). The second-order valence-electron chi connectivity index (χ2n) is 5.23. The van der Waals surface area contributed by atoms with Gasteiger partial charge in [0.2, 0.25) is 6.75 Å². The van der Waals surface area contributed by atoms with Gasteiger partial charge in [0.1, 0.15) is 18.4 Å². The van der Waals surface area contributed by atoms with E-state index in [0.717, 1.165) is 11.4 Å². The minimum Gasteiger partial charge on any atom is -0.454 e. The Morgan fingerprint density at radius 2 is 2.28 bits per heavy atom. The monoisotopic (exact) mass is 467 g/mol. The van der Waals surface area contributed by atoms with Gasteiger partial charge in [0.05, 0.1) is 7.62 Å². The number of Topliss-reactive ketones (excluding diaryl/α,β-unsaturated/α-hetero) is 1. The SMILES string of the molecule is [2H]c1c2c(c([2H])c(C([2H])([2H])C(=O)c3sccc3S(=O)(=O)N([2H])c3onc(C([2H])([2H])[2H])c3Cl)c1C([2H])([2H])[2H])OC([2H])([2H])O2. The smallest absolute Gasteiger partial charge is 0.265 e. The second kappa shape index (κ2) is 7.36. The highest BCUT2D eigenvalue weighted by molar-refractivity contribution is 7.93. The number of benzene rings is 1. The van der Waals surface area contributed by atoms with E-state index in [4.69, 9.17) is 38.9 Å². The Morgan fingerprint density at radius 3 is 3.00 bits per heavy atom. The molecule has 29 heavy (non-hydrogen) atoms. The third-order valence-corrected chi connectivity index (χ3v) is 6.08. The van der Waals surface area contributed by atoms with Crippen LogP contribution in [0, 0.1) is 13.7 Å². The van der Waals surface area contributed by atoms with Gasteiger partial charge in [-0.1, -0.05) is 16.8 Å². The molecule has 0 unspecified atom stereocenters. The van der Waals surface area contributed by atoms with E-state index >= 15 is 0 Å². The molecule has 152 valence electrons. The number of anilines is 1. The summed E-state index contributed by atoms with van der Waals surface area (Å²) in [6.07, 6.45) is -3.55. The van der Waals surface area contributed by atoms with Crippen LogP contribution in [0.15, 0.2) is 32.9 Å². The molecule has 8 nitrogen and oxygen atoms in total. The van der Waals surface area contributed by atoms with Gasteiger partial charge in [-0.05, 0) is 48.4 Å². The van der Waals surface area contributed by atoms with Gasteiger partial charge < -0.3 is 14.0 Å². The normalized spacial score (nSPS) is 22.6.